The summed E-state index contributed by atoms with van der Waals surface area (Å²) in [5, 5.41) is 4.62. The van der Waals surface area contributed by atoms with Crippen molar-refractivity contribution in [1.29, 1.82) is 0 Å². The number of sulfone groups is 1. The molecule has 5 heterocycles. The Morgan fingerprint density at radius 1 is 1.26 bits per heavy atom. The van der Waals surface area contributed by atoms with E-state index in [9.17, 15) is 26.4 Å². The molecule has 2 fully saturated rings. The first-order valence-electron chi connectivity index (χ1n) is 12.4. The predicted molar refractivity (Wildman–Crippen MR) is 137 cm³/mol. The molecule has 14 heteroatoms. The minimum atomic E-state index is -4.78. The van der Waals surface area contributed by atoms with Crippen LogP contribution in [-0.2, 0) is 25.8 Å². The summed E-state index contributed by atoms with van der Waals surface area (Å²) in [6.07, 6.45) is -1.54. The van der Waals surface area contributed by atoms with Gasteiger partial charge in [0.15, 0.2) is 26.7 Å². The Morgan fingerprint density at radius 2 is 1.97 bits per heavy atom. The van der Waals surface area contributed by atoms with E-state index in [1.54, 1.807) is 28.9 Å². The van der Waals surface area contributed by atoms with E-state index in [-0.39, 0.29) is 24.5 Å². The number of rotatable bonds is 4. The molecule has 3 aliphatic rings. The first-order valence-corrected chi connectivity index (χ1v) is 14.6. The van der Waals surface area contributed by atoms with Crippen LogP contribution in [0.1, 0.15) is 23.7 Å². The van der Waals surface area contributed by atoms with Gasteiger partial charge in [0.05, 0.1) is 48.2 Å². The van der Waals surface area contributed by atoms with E-state index < -0.39 is 45.0 Å². The summed E-state index contributed by atoms with van der Waals surface area (Å²) in [6, 6.07) is 5.31. The van der Waals surface area contributed by atoms with Crippen molar-refractivity contribution in [2.45, 2.75) is 25.1 Å². The number of carbonyl (C=O) groups excluding carboxylic acids is 1. The lowest BCUT2D eigenvalue weighted by atomic mass is 9.75. The number of fused-ring (bicyclic) bond motifs is 3. The summed E-state index contributed by atoms with van der Waals surface area (Å²) in [4.78, 5) is 20.4. The van der Waals surface area contributed by atoms with Gasteiger partial charge in [-0.2, -0.15) is 18.3 Å². The van der Waals surface area contributed by atoms with Crippen molar-refractivity contribution >= 4 is 44.4 Å². The molecule has 2 aromatic heterocycles. The first-order chi connectivity index (χ1) is 18.4. The molecular formula is C25H25ClF3N5O4S. The summed E-state index contributed by atoms with van der Waals surface area (Å²) in [5.74, 6) is -2.64. The normalized spacial score (nSPS) is 22.5. The molecule has 9 nitrogen and oxygen atoms in total. The fraction of sp³-hybridized carbons (Fsp3) is 0.480. The summed E-state index contributed by atoms with van der Waals surface area (Å²) < 4.78 is 74.5. The average Bonchev–Trinajstić information content (AvgIpc) is 3.39. The Balaban J connectivity index is 1.30. The maximum absolute atomic E-state index is 14.4. The number of carbonyl (C=O) groups is 1. The second-order valence-corrected chi connectivity index (χ2v) is 13.0. The predicted octanol–water partition coefficient (Wildman–Crippen LogP) is 3.59. The monoisotopic (exact) mass is 583 g/mol. The number of hydrogen-bond acceptors (Lipinski definition) is 7. The number of halogens is 4. The molecule has 1 aromatic carbocycles. The van der Waals surface area contributed by atoms with Gasteiger partial charge in [-0.05, 0) is 30.5 Å². The minimum Gasteiger partial charge on any atom is -0.380 e. The Kier molecular flexibility index (Phi) is 6.12. The van der Waals surface area contributed by atoms with E-state index in [2.05, 4.69) is 10.1 Å². The van der Waals surface area contributed by atoms with Crippen LogP contribution in [0.15, 0.2) is 36.5 Å². The van der Waals surface area contributed by atoms with E-state index in [1.807, 2.05) is 4.90 Å². The highest BCUT2D eigenvalue weighted by Crippen LogP contribution is 2.47. The van der Waals surface area contributed by atoms with Crippen LogP contribution in [0.4, 0.5) is 24.5 Å². The van der Waals surface area contributed by atoms with Crippen molar-refractivity contribution in [3.63, 3.8) is 0 Å². The molecule has 0 bridgehead atoms. The maximum atomic E-state index is 14.4. The highest BCUT2D eigenvalue weighted by Gasteiger charge is 2.59. The van der Waals surface area contributed by atoms with Crippen LogP contribution in [0, 0.1) is 11.3 Å². The van der Waals surface area contributed by atoms with Gasteiger partial charge in [0.2, 0.25) is 5.91 Å². The Labute approximate surface area is 227 Å². The zero-order valence-electron chi connectivity index (χ0n) is 20.9. The molecule has 0 radical (unpaired) electrons. The minimum absolute atomic E-state index is 0.0467. The van der Waals surface area contributed by atoms with Crippen LogP contribution in [0.2, 0.25) is 5.15 Å². The molecule has 1 amide bonds. The zero-order valence-corrected chi connectivity index (χ0v) is 22.4. The van der Waals surface area contributed by atoms with Crippen molar-refractivity contribution in [2.75, 3.05) is 43.2 Å². The first kappa shape index (κ1) is 26.3. The van der Waals surface area contributed by atoms with Gasteiger partial charge in [-0.1, -0.05) is 23.7 Å². The van der Waals surface area contributed by atoms with Crippen LogP contribution in [0.3, 0.4) is 0 Å². The number of alkyl halides is 3. The van der Waals surface area contributed by atoms with Crippen molar-refractivity contribution < 1.29 is 31.1 Å². The van der Waals surface area contributed by atoms with Gasteiger partial charge in [-0.3, -0.25) is 4.79 Å². The number of anilines is 2. The molecule has 39 heavy (non-hydrogen) atoms. The highest BCUT2D eigenvalue weighted by molar-refractivity contribution is 7.91. The van der Waals surface area contributed by atoms with Gasteiger partial charge in [0.25, 0.3) is 0 Å². The van der Waals surface area contributed by atoms with E-state index in [4.69, 9.17) is 16.3 Å². The van der Waals surface area contributed by atoms with Crippen LogP contribution in [0.5, 0.6) is 0 Å². The lowest BCUT2D eigenvalue weighted by Gasteiger charge is -2.43. The molecule has 6 rings (SSSR count). The molecule has 0 unspecified atom stereocenters. The second-order valence-electron chi connectivity index (χ2n) is 10.5. The van der Waals surface area contributed by atoms with Crippen molar-refractivity contribution in [2.24, 2.45) is 11.3 Å². The second kappa shape index (κ2) is 9.07. The average molecular weight is 584 g/mol. The van der Waals surface area contributed by atoms with Gasteiger partial charge in [0.1, 0.15) is 0 Å². The standard InChI is InChI=1S/C25H25ClF3N5O4S/c1-32(23(35)17-11-39(36,37)14-24(17)12-38-13-24)22(25(27,28)29)15-4-6-16(7-5-15)33-8-2-3-18-19(33)10-30-21-9-20(26)31-34(18)21/h4-7,9-10,17,22H,2-3,8,11-14H2,1H3/t17-,22+/m1/s1. The fourth-order valence-corrected chi connectivity index (χ4v) is 8.59. The van der Waals surface area contributed by atoms with E-state index in [1.165, 1.54) is 12.1 Å². The SMILES string of the molecule is CN(C(=O)[C@H]1CS(=O)(=O)CC12COC2)[C@@H](c1ccc(N2CCCc3c2cnc2cc(Cl)nn32)cc1)C(F)(F)F. The summed E-state index contributed by atoms with van der Waals surface area (Å²) in [7, 11) is -2.47. The summed E-state index contributed by atoms with van der Waals surface area (Å²) in [5.41, 5.74) is 1.90. The lowest BCUT2D eigenvalue weighted by Crippen LogP contribution is -2.54. The van der Waals surface area contributed by atoms with Gasteiger partial charge in [0, 0.05) is 30.8 Å². The lowest BCUT2D eigenvalue weighted by molar-refractivity contribution is -0.196. The van der Waals surface area contributed by atoms with Crippen LogP contribution in [0.25, 0.3) is 5.65 Å². The molecule has 1 spiro atoms. The molecule has 2 saturated heterocycles. The van der Waals surface area contributed by atoms with Crippen molar-refractivity contribution in [1.82, 2.24) is 19.5 Å². The van der Waals surface area contributed by atoms with Crippen LogP contribution < -0.4 is 4.90 Å². The number of nitrogens with zero attached hydrogens (tertiary/aromatic N) is 5. The molecule has 0 N–H and O–H groups in total. The largest absolute Gasteiger partial charge is 0.413 e. The van der Waals surface area contributed by atoms with E-state index in [0.29, 0.717) is 27.9 Å². The van der Waals surface area contributed by atoms with Gasteiger partial charge in [-0.15, -0.1) is 0 Å². The number of ether oxygens (including phenoxy) is 1. The number of benzene rings is 1. The smallest absolute Gasteiger partial charge is 0.380 e. The number of hydrogen-bond donors (Lipinski definition) is 0. The quantitative estimate of drug-likeness (QED) is 0.463. The van der Waals surface area contributed by atoms with Gasteiger partial charge < -0.3 is 14.5 Å². The van der Waals surface area contributed by atoms with Gasteiger partial charge >= 0.3 is 6.18 Å². The highest BCUT2D eigenvalue weighted by atomic mass is 35.5. The molecule has 208 valence electrons. The number of aromatic nitrogens is 3. The molecule has 2 atom stereocenters. The number of aryl methyl sites for hydroxylation is 1. The van der Waals surface area contributed by atoms with Crippen LogP contribution >= 0.6 is 11.6 Å². The molecule has 3 aliphatic heterocycles. The zero-order chi connectivity index (χ0) is 27.7. The molecular weight excluding hydrogens is 559 g/mol. The van der Waals surface area contributed by atoms with Crippen molar-refractivity contribution in [3.05, 3.63) is 52.9 Å². The van der Waals surface area contributed by atoms with Crippen LogP contribution in [-0.4, -0.2) is 78.3 Å². The van der Waals surface area contributed by atoms with Gasteiger partial charge in [-0.25, -0.2) is 17.9 Å². The third-order valence-electron chi connectivity index (χ3n) is 7.93. The summed E-state index contributed by atoms with van der Waals surface area (Å²) in [6.45, 7) is 0.728. The van der Waals surface area contributed by atoms with E-state index >= 15 is 0 Å². The Hall–Kier alpha value is -2.90. The van der Waals surface area contributed by atoms with Crippen molar-refractivity contribution in [3.8, 4) is 0 Å². The molecule has 0 aliphatic carbocycles. The fourth-order valence-electron chi connectivity index (χ4n) is 6.05. The third kappa shape index (κ3) is 4.44. The molecule has 3 aromatic rings. The Bertz CT molecular complexity index is 1560. The Morgan fingerprint density at radius 3 is 2.62 bits per heavy atom. The summed E-state index contributed by atoms with van der Waals surface area (Å²) >= 11 is 6.05. The maximum Gasteiger partial charge on any atom is 0.413 e. The van der Waals surface area contributed by atoms with E-state index in [0.717, 1.165) is 31.3 Å². The number of amides is 1. The topological polar surface area (TPSA) is 97.1 Å². The molecule has 0 saturated carbocycles. The third-order valence-corrected chi connectivity index (χ3v) is 9.97.